The molecule has 7 heteroatoms. The highest BCUT2D eigenvalue weighted by Gasteiger charge is 2.21. The van der Waals surface area contributed by atoms with Crippen LogP contribution in [-0.2, 0) is 7.05 Å². The fourth-order valence-corrected chi connectivity index (χ4v) is 1.60. The molecule has 1 aromatic carbocycles. The van der Waals surface area contributed by atoms with Crippen LogP contribution in [0.3, 0.4) is 0 Å². The molecule has 0 fully saturated rings. The van der Waals surface area contributed by atoms with Gasteiger partial charge in [-0.15, -0.1) is 5.10 Å². The highest BCUT2D eigenvalue weighted by Crippen LogP contribution is 2.30. The van der Waals surface area contributed by atoms with Crippen molar-refractivity contribution in [3.8, 4) is 11.4 Å². The first-order valence-corrected chi connectivity index (χ1v) is 4.91. The fraction of sp³-hybridized carbons (Fsp3) is 0.200. The first-order chi connectivity index (χ1) is 8.00. The van der Waals surface area contributed by atoms with E-state index in [0.717, 1.165) is 5.56 Å². The molecule has 0 amide bonds. The van der Waals surface area contributed by atoms with Crippen LogP contribution in [0.1, 0.15) is 5.56 Å². The van der Waals surface area contributed by atoms with E-state index in [1.165, 1.54) is 10.7 Å². The lowest BCUT2D eigenvalue weighted by atomic mass is 10.1. The number of benzene rings is 1. The van der Waals surface area contributed by atoms with Gasteiger partial charge in [-0.2, -0.15) is 4.98 Å². The minimum atomic E-state index is -0.450. The van der Waals surface area contributed by atoms with Gasteiger partial charge in [-0.05, 0) is 12.5 Å². The van der Waals surface area contributed by atoms with Crippen LogP contribution in [0.25, 0.3) is 11.4 Å². The van der Waals surface area contributed by atoms with E-state index in [0.29, 0.717) is 5.56 Å². The van der Waals surface area contributed by atoms with Gasteiger partial charge >= 0.3 is 0 Å². The molecule has 0 aliphatic carbocycles. The minimum absolute atomic E-state index is 0.0180. The zero-order valence-corrected chi connectivity index (χ0v) is 9.41. The number of aromatic nitrogens is 3. The third kappa shape index (κ3) is 1.82. The largest absolute Gasteiger partial charge is 0.368 e. The van der Waals surface area contributed by atoms with Gasteiger partial charge in [0.25, 0.3) is 5.69 Å². The van der Waals surface area contributed by atoms with Crippen LogP contribution < -0.4 is 5.73 Å². The van der Waals surface area contributed by atoms with E-state index in [9.17, 15) is 10.1 Å². The van der Waals surface area contributed by atoms with Crippen molar-refractivity contribution < 1.29 is 4.92 Å². The summed E-state index contributed by atoms with van der Waals surface area (Å²) in [6, 6.07) is 4.83. The molecule has 17 heavy (non-hydrogen) atoms. The molecule has 0 saturated heterocycles. The van der Waals surface area contributed by atoms with E-state index in [1.807, 2.05) is 0 Å². The van der Waals surface area contributed by atoms with Crippen LogP contribution in [0, 0.1) is 17.0 Å². The van der Waals surface area contributed by atoms with E-state index >= 15 is 0 Å². The standard InChI is InChI=1S/C10H11N5O2/c1-6-4-3-5-7(15(16)17)8(6)9-12-10(11)14(2)13-9/h3-5H,1-2H3,(H2,11,12,13). The molecule has 1 heterocycles. The summed E-state index contributed by atoms with van der Waals surface area (Å²) < 4.78 is 1.38. The van der Waals surface area contributed by atoms with Crippen LogP contribution in [0.15, 0.2) is 18.2 Å². The van der Waals surface area contributed by atoms with Crippen LogP contribution in [0.5, 0.6) is 0 Å². The molecule has 0 radical (unpaired) electrons. The molecule has 0 unspecified atom stereocenters. The Balaban J connectivity index is 2.69. The summed E-state index contributed by atoms with van der Waals surface area (Å²) in [5, 5.41) is 15.0. The lowest BCUT2D eigenvalue weighted by Crippen LogP contribution is -1.98. The number of hydrogen-bond acceptors (Lipinski definition) is 5. The normalized spacial score (nSPS) is 10.5. The number of nitrogens with two attached hydrogens (primary N) is 1. The van der Waals surface area contributed by atoms with Gasteiger partial charge in [0.05, 0.1) is 4.92 Å². The molecule has 0 bridgehead atoms. The number of hydrogen-bond donors (Lipinski definition) is 1. The second-order valence-corrected chi connectivity index (χ2v) is 3.64. The van der Waals surface area contributed by atoms with E-state index < -0.39 is 4.92 Å². The SMILES string of the molecule is Cc1cccc([N+](=O)[O-])c1-c1nc(N)n(C)n1. The molecule has 88 valence electrons. The Labute approximate surface area is 97.0 Å². The molecule has 2 N–H and O–H groups in total. The molecule has 0 spiro atoms. The third-order valence-electron chi connectivity index (χ3n) is 2.47. The topological polar surface area (TPSA) is 99.9 Å². The highest BCUT2D eigenvalue weighted by molar-refractivity contribution is 5.72. The predicted octanol–water partition coefficient (Wildman–Crippen LogP) is 1.28. The van der Waals surface area contributed by atoms with Crippen molar-refractivity contribution in [2.45, 2.75) is 6.92 Å². The van der Waals surface area contributed by atoms with Crippen molar-refractivity contribution in [1.29, 1.82) is 0 Å². The van der Waals surface area contributed by atoms with Gasteiger partial charge < -0.3 is 5.73 Å². The highest BCUT2D eigenvalue weighted by atomic mass is 16.6. The van der Waals surface area contributed by atoms with Gasteiger partial charge in [-0.25, -0.2) is 4.68 Å². The molecular weight excluding hydrogens is 222 g/mol. The number of aryl methyl sites for hydroxylation is 2. The zero-order valence-electron chi connectivity index (χ0n) is 9.41. The number of rotatable bonds is 2. The maximum atomic E-state index is 11.0. The predicted molar refractivity (Wildman–Crippen MR) is 62.2 cm³/mol. The summed E-state index contributed by atoms with van der Waals surface area (Å²) in [7, 11) is 1.63. The number of anilines is 1. The third-order valence-corrected chi connectivity index (χ3v) is 2.47. The summed E-state index contributed by atoms with van der Waals surface area (Å²) in [4.78, 5) is 14.5. The van der Waals surface area contributed by atoms with Crippen molar-refractivity contribution in [2.24, 2.45) is 7.05 Å². The van der Waals surface area contributed by atoms with Gasteiger partial charge in [-0.1, -0.05) is 12.1 Å². The summed E-state index contributed by atoms with van der Waals surface area (Å²) in [6.07, 6.45) is 0. The second kappa shape index (κ2) is 3.85. The van der Waals surface area contributed by atoms with Crippen LogP contribution in [0.4, 0.5) is 11.6 Å². The minimum Gasteiger partial charge on any atom is -0.368 e. The fourth-order valence-electron chi connectivity index (χ4n) is 1.60. The van der Waals surface area contributed by atoms with Crippen molar-refractivity contribution in [3.63, 3.8) is 0 Å². The van der Waals surface area contributed by atoms with Gasteiger partial charge in [-0.3, -0.25) is 10.1 Å². The Morgan fingerprint density at radius 2 is 2.18 bits per heavy atom. The average molecular weight is 233 g/mol. The quantitative estimate of drug-likeness (QED) is 0.622. The van der Waals surface area contributed by atoms with E-state index in [2.05, 4.69) is 10.1 Å². The second-order valence-electron chi connectivity index (χ2n) is 3.64. The Morgan fingerprint density at radius 3 is 2.71 bits per heavy atom. The smallest absolute Gasteiger partial charge is 0.280 e. The Bertz CT molecular complexity index is 571. The summed E-state index contributed by atoms with van der Waals surface area (Å²) >= 11 is 0. The van der Waals surface area contributed by atoms with Crippen LogP contribution in [0.2, 0.25) is 0 Å². The molecule has 1 aromatic heterocycles. The molecule has 0 saturated carbocycles. The number of nitrogens with zero attached hydrogens (tertiary/aromatic N) is 4. The molecule has 0 aliphatic heterocycles. The number of nitrogen functional groups attached to an aromatic ring is 1. The summed E-state index contributed by atoms with van der Waals surface area (Å²) in [5.41, 5.74) is 6.70. The van der Waals surface area contributed by atoms with Gasteiger partial charge in [0.2, 0.25) is 5.95 Å². The molecule has 2 aromatic rings. The maximum Gasteiger partial charge on any atom is 0.280 e. The average Bonchev–Trinajstić information content (AvgIpc) is 2.58. The molecule has 0 atom stereocenters. The van der Waals surface area contributed by atoms with Gasteiger partial charge in [0.15, 0.2) is 5.82 Å². The van der Waals surface area contributed by atoms with Gasteiger partial charge in [0, 0.05) is 13.1 Å². The van der Waals surface area contributed by atoms with E-state index in [-0.39, 0.29) is 17.5 Å². The first kappa shape index (κ1) is 11.1. The zero-order chi connectivity index (χ0) is 12.6. The molecule has 2 rings (SSSR count). The monoisotopic (exact) mass is 233 g/mol. The first-order valence-electron chi connectivity index (χ1n) is 4.91. The van der Waals surface area contributed by atoms with Crippen molar-refractivity contribution in [1.82, 2.24) is 14.8 Å². The molecular formula is C10H11N5O2. The Kier molecular flexibility index (Phi) is 2.51. The van der Waals surface area contributed by atoms with Crippen molar-refractivity contribution in [2.75, 3.05) is 5.73 Å². The number of nitro benzene ring substituents is 1. The Morgan fingerprint density at radius 1 is 1.47 bits per heavy atom. The number of nitro groups is 1. The van der Waals surface area contributed by atoms with Crippen molar-refractivity contribution in [3.05, 3.63) is 33.9 Å². The molecule has 7 nitrogen and oxygen atoms in total. The lowest BCUT2D eigenvalue weighted by Gasteiger charge is -2.01. The Hall–Kier alpha value is -2.44. The molecule has 0 aliphatic rings. The van der Waals surface area contributed by atoms with Crippen LogP contribution >= 0.6 is 0 Å². The van der Waals surface area contributed by atoms with E-state index in [4.69, 9.17) is 5.73 Å². The summed E-state index contributed by atoms with van der Waals surface area (Å²) in [5.74, 6) is 0.493. The summed E-state index contributed by atoms with van der Waals surface area (Å²) in [6.45, 7) is 1.77. The van der Waals surface area contributed by atoms with E-state index in [1.54, 1.807) is 26.1 Å². The maximum absolute atomic E-state index is 11.0. The van der Waals surface area contributed by atoms with Crippen LogP contribution in [-0.4, -0.2) is 19.7 Å². The lowest BCUT2D eigenvalue weighted by molar-refractivity contribution is -0.384. The van der Waals surface area contributed by atoms with Crippen molar-refractivity contribution >= 4 is 11.6 Å². The van der Waals surface area contributed by atoms with Gasteiger partial charge in [0.1, 0.15) is 5.56 Å².